The number of allylic oxidation sites excluding steroid dienone is 3. The van der Waals surface area contributed by atoms with Crippen molar-refractivity contribution in [3.63, 3.8) is 0 Å². The summed E-state index contributed by atoms with van der Waals surface area (Å²) in [6.45, 7) is 17.2. The number of nitrogens with zero attached hydrogens (tertiary/aromatic N) is 2. The number of carbonyl (C=O) groups excluding carboxylic acids is 4. The second-order valence-corrected chi connectivity index (χ2v) is 19.6. The highest BCUT2D eigenvalue weighted by Gasteiger charge is 2.49. The minimum Gasteiger partial charge on any atom is -0.462 e. The van der Waals surface area contributed by atoms with Gasteiger partial charge in [-0.1, -0.05) is 38.5 Å². The topological polar surface area (TPSA) is 232 Å². The zero-order valence-corrected chi connectivity index (χ0v) is 41.3. The van der Waals surface area contributed by atoms with E-state index in [0.717, 1.165) is 0 Å². The second-order valence-electron chi connectivity index (χ2n) is 19.6. The molecule has 3 aliphatic rings. The maximum atomic E-state index is 14.1. The van der Waals surface area contributed by atoms with Gasteiger partial charge in [-0.15, -0.1) is 0 Å². The van der Waals surface area contributed by atoms with Crippen molar-refractivity contribution in [1.29, 1.82) is 0 Å². The molecule has 2 fully saturated rings. The summed E-state index contributed by atoms with van der Waals surface area (Å²) in [6.07, 6.45) is -7.14. The highest BCUT2D eigenvalue weighted by molar-refractivity contribution is 5.92. The Balaban J connectivity index is 2.16. The van der Waals surface area contributed by atoms with Crippen LogP contribution in [0, 0.1) is 23.7 Å². The first-order valence-corrected chi connectivity index (χ1v) is 22.9. The lowest BCUT2D eigenvalue weighted by Crippen LogP contribution is -2.63. The van der Waals surface area contributed by atoms with Crippen LogP contribution in [0.3, 0.4) is 0 Å². The van der Waals surface area contributed by atoms with Crippen LogP contribution in [0.1, 0.15) is 94.9 Å². The van der Waals surface area contributed by atoms with Gasteiger partial charge < -0.3 is 68.7 Å². The molecule has 18 atom stereocenters. The van der Waals surface area contributed by atoms with E-state index < -0.39 is 133 Å². The van der Waals surface area contributed by atoms with Crippen LogP contribution in [-0.2, 0) is 52.3 Å². The third-order valence-electron chi connectivity index (χ3n) is 13.0. The average molecular weight is 928 g/mol. The minimum absolute atomic E-state index is 0.0227. The van der Waals surface area contributed by atoms with Gasteiger partial charge in [0.2, 0.25) is 11.8 Å². The van der Waals surface area contributed by atoms with E-state index in [1.807, 2.05) is 33.8 Å². The van der Waals surface area contributed by atoms with Gasteiger partial charge in [-0.3, -0.25) is 19.2 Å². The van der Waals surface area contributed by atoms with Crippen LogP contribution in [0.4, 0.5) is 0 Å². The molecule has 18 nitrogen and oxygen atoms in total. The van der Waals surface area contributed by atoms with Crippen LogP contribution in [0.5, 0.6) is 0 Å². The quantitative estimate of drug-likeness (QED) is 0.167. The van der Waals surface area contributed by atoms with Crippen LogP contribution >= 0.6 is 0 Å². The summed E-state index contributed by atoms with van der Waals surface area (Å²) >= 11 is 0. The van der Waals surface area contributed by atoms with E-state index in [2.05, 4.69) is 5.32 Å². The summed E-state index contributed by atoms with van der Waals surface area (Å²) in [6, 6.07) is -1.88. The molecule has 2 amide bonds. The van der Waals surface area contributed by atoms with Crippen LogP contribution in [-0.4, -0.2) is 187 Å². The highest BCUT2D eigenvalue weighted by atomic mass is 16.7. The summed E-state index contributed by atoms with van der Waals surface area (Å²) in [4.78, 5) is 58.1. The number of ether oxygens (including phenoxy) is 7. The van der Waals surface area contributed by atoms with Gasteiger partial charge in [0, 0.05) is 51.5 Å². The van der Waals surface area contributed by atoms with Crippen LogP contribution in [0.15, 0.2) is 23.8 Å². The van der Waals surface area contributed by atoms with Crippen LogP contribution in [0.2, 0.25) is 0 Å². The van der Waals surface area contributed by atoms with E-state index in [4.69, 9.17) is 33.2 Å². The molecule has 0 aromatic carbocycles. The smallest absolute Gasteiger partial charge is 0.308 e. The highest BCUT2D eigenvalue weighted by Crippen LogP contribution is 2.36. The predicted molar refractivity (Wildman–Crippen MR) is 240 cm³/mol. The maximum Gasteiger partial charge on any atom is 0.308 e. The molecule has 3 aliphatic heterocycles. The Labute approximate surface area is 386 Å². The largest absolute Gasteiger partial charge is 0.462 e. The number of methoxy groups -OCH3 is 2. The number of nitrogens with one attached hydrogen (secondary N) is 1. The van der Waals surface area contributed by atoms with Crippen molar-refractivity contribution < 1.29 is 72.8 Å². The molecule has 374 valence electrons. The molecule has 0 spiro atoms. The van der Waals surface area contributed by atoms with Gasteiger partial charge in [0.1, 0.15) is 36.6 Å². The SMILES string of the molecule is CC[C@H]1OC(=O)C[C@@H](O)[C@H](C)[C@@H](O[C@@H]2O[C@H](C)[C@@H](O)[C@H](N(C)C)[C@H]2O)[C@@H](C[C@@H](C(=O)NC(C)(C)C)N(C)C(C)=O)C[C@@H](C)C(=O)/C=C/C(C)=C/[C@@H]1CO[C@H]1O[C@@H](C)[C@H](O)[C@H](OC)[C@@H]1OC. The number of cyclic esters (lactones) is 1. The average Bonchev–Trinajstić information content (AvgIpc) is 3.22. The molecule has 0 aliphatic carbocycles. The van der Waals surface area contributed by atoms with E-state index in [9.17, 15) is 39.6 Å². The van der Waals surface area contributed by atoms with Gasteiger partial charge in [0.05, 0.1) is 49.6 Å². The molecule has 0 saturated carbocycles. The summed E-state index contributed by atoms with van der Waals surface area (Å²) in [5.41, 5.74) is -0.00638. The number of aliphatic hydroxyl groups excluding tert-OH is 4. The fourth-order valence-electron chi connectivity index (χ4n) is 9.04. The van der Waals surface area contributed by atoms with E-state index in [0.29, 0.717) is 12.0 Å². The second kappa shape index (κ2) is 24.9. The Kier molecular flexibility index (Phi) is 21.7. The fourth-order valence-corrected chi connectivity index (χ4v) is 9.04. The first-order chi connectivity index (χ1) is 30.3. The zero-order valence-electron chi connectivity index (χ0n) is 41.3. The molecule has 0 bridgehead atoms. The number of ketones is 1. The van der Waals surface area contributed by atoms with Gasteiger partial charge in [0.15, 0.2) is 18.4 Å². The first kappa shape index (κ1) is 56.4. The van der Waals surface area contributed by atoms with E-state index in [1.54, 1.807) is 59.7 Å². The van der Waals surface area contributed by atoms with Crippen molar-refractivity contribution in [1.82, 2.24) is 15.1 Å². The molecule has 0 aromatic rings. The Morgan fingerprint density at radius 1 is 0.892 bits per heavy atom. The third-order valence-corrected chi connectivity index (χ3v) is 13.0. The number of carbonyl (C=O) groups is 4. The standard InChI is InChI=1S/C47H81N3O15/c1-16-35-31(23-61-46-43(60-15)42(59-14)39(56)28(6)63-46)19-24(2)17-18-33(52)25(3)20-30(21-32(50(13)29(7)51)44(58)48-47(8,9)10)41(26(4)34(53)22-36(54)64-35)65-45-40(57)37(49(11)12)38(55)27(5)62-45/h17-19,25-28,30-32,34-35,37-43,45-46,53,55-57H,16,20-23H2,1-15H3,(H,48,58)/b18-17+,24-19+/t25-,26+,27-,28+,30-,31-,32+,34-,35-,37+,38-,39+,40-,41-,42+,43+,45+,46+/m1/s1. The molecule has 3 heterocycles. The maximum absolute atomic E-state index is 14.1. The Morgan fingerprint density at radius 2 is 1.49 bits per heavy atom. The van der Waals surface area contributed by atoms with Crippen molar-refractivity contribution in [2.45, 2.75) is 186 Å². The summed E-state index contributed by atoms with van der Waals surface area (Å²) < 4.78 is 42.4. The first-order valence-electron chi connectivity index (χ1n) is 22.9. The van der Waals surface area contributed by atoms with Crippen LogP contribution < -0.4 is 5.32 Å². The van der Waals surface area contributed by atoms with Gasteiger partial charge >= 0.3 is 5.97 Å². The molecule has 5 N–H and O–H groups in total. The lowest BCUT2D eigenvalue weighted by Gasteiger charge is -2.47. The molecule has 0 unspecified atom stereocenters. The number of amides is 2. The lowest BCUT2D eigenvalue weighted by atomic mass is 9.77. The van der Waals surface area contributed by atoms with Gasteiger partial charge in [-0.25, -0.2) is 0 Å². The molecule has 0 aromatic heterocycles. The van der Waals surface area contributed by atoms with E-state index in [-0.39, 0.29) is 31.1 Å². The summed E-state index contributed by atoms with van der Waals surface area (Å²) in [5.74, 6) is -4.77. The number of rotatable bonds is 13. The van der Waals surface area contributed by atoms with Crippen molar-refractivity contribution in [2.24, 2.45) is 23.7 Å². The van der Waals surface area contributed by atoms with Gasteiger partial charge in [-0.05, 0) is 86.9 Å². The Morgan fingerprint density at radius 3 is 2.05 bits per heavy atom. The number of esters is 1. The van der Waals surface area contributed by atoms with Crippen LogP contribution in [0.25, 0.3) is 0 Å². The summed E-state index contributed by atoms with van der Waals surface area (Å²) in [5, 5.41) is 48.4. The molecule has 0 radical (unpaired) electrons. The number of hydrogen-bond donors (Lipinski definition) is 5. The molecular weight excluding hydrogens is 847 g/mol. The third kappa shape index (κ3) is 15.3. The fraction of sp³-hybridized carbons (Fsp3) is 0.830. The number of likely N-dealkylation sites (N-methyl/N-ethyl adjacent to an activating group) is 2. The number of hydrogen-bond acceptors (Lipinski definition) is 16. The van der Waals surface area contributed by atoms with E-state index >= 15 is 0 Å². The Bertz CT molecular complexity index is 1620. The van der Waals surface area contributed by atoms with Crippen molar-refractivity contribution in [2.75, 3.05) is 42.0 Å². The molecular formula is C47H81N3O15. The zero-order chi connectivity index (χ0) is 49.2. The van der Waals surface area contributed by atoms with E-state index in [1.165, 1.54) is 39.2 Å². The molecule has 2 saturated heterocycles. The Hall–Kier alpha value is -2.88. The molecule has 65 heavy (non-hydrogen) atoms. The van der Waals surface area contributed by atoms with Crippen molar-refractivity contribution in [3.8, 4) is 0 Å². The molecule has 3 rings (SSSR count). The van der Waals surface area contributed by atoms with Crippen molar-refractivity contribution in [3.05, 3.63) is 23.8 Å². The predicted octanol–water partition coefficient (Wildman–Crippen LogP) is 2.13. The monoisotopic (exact) mass is 928 g/mol. The number of aliphatic hydroxyl groups is 4. The normalized spacial score (nSPS) is 38.9. The van der Waals surface area contributed by atoms with Gasteiger partial charge in [-0.2, -0.15) is 0 Å². The lowest BCUT2D eigenvalue weighted by molar-refractivity contribution is -0.304. The molecule has 18 heteroatoms. The van der Waals surface area contributed by atoms with Gasteiger partial charge in [0.25, 0.3) is 0 Å². The minimum atomic E-state index is -1.42. The summed E-state index contributed by atoms with van der Waals surface area (Å²) in [7, 11) is 7.85. The van der Waals surface area contributed by atoms with Crippen molar-refractivity contribution >= 4 is 23.6 Å².